The van der Waals surface area contributed by atoms with Crippen LogP contribution in [0.15, 0.2) is 18.2 Å². The largest absolute Gasteiger partial charge is 0.493 e. The van der Waals surface area contributed by atoms with E-state index >= 15 is 0 Å². The van der Waals surface area contributed by atoms with E-state index in [0.29, 0.717) is 30.0 Å². The molecule has 0 radical (unpaired) electrons. The molecule has 2 heterocycles. The number of hydrogen-bond acceptors (Lipinski definition) is 5. The van der Waals surface area contributed by atoms with Crippen molar-refractivity contribution < 1.29 is 14.3 Å². The molecule has 31 heavy (non-hydrogen) atoms. The monoisotopic (exact) mass is 424 g/mol. The number of carbonyl (C=O) groups excluding carboxylic acids is 1. The first-order chi connectivity index (χ1) is 14.6. The highest BCUT2D eigenvalue weighted by molar-refractivity contribution is 5.91. The molecule has 1 aromatic carbocycles. The van der Waals surface area contributed by atoms with E-state index in [1.54, 1.807) is 32.4 Å². The summed E-state index contributed by atoms with van der Waals surface area (Å²) in [5, 5.41) is 8.76. The first-order valence-corrected chi connectivity index (χ1v) is 10.4. The van der Waals surface area contributed by atoms with Crippen LogP contribution in [0.4, 0.5) is 5.69 Å². The minimum absolute atomic E-state index is 0.0618. The Morgan fingerprint density at radius 1 is 1.06 bits per heavy atom. The van der Waals surface area contributed by atoms with Gasteiger partial charge in [0.2, 0.25) is 5.91 Å². The number of amides is 1. The van der Waals surface area contributed by atoms with Crippen LogP contribution in [0, 0.1) is 20.8 Å². The van der Waals surface area contributed by atoms with Crippen LogP contribution in [0.5, 0.6) is 11.5 Å². The highest BCUT2D eigenvalue weighted by atomic mass is 16.5. The lowest BCUT2D eigenvalue weighted by Crippen LogP contribution is -2.23. The van der Waals surface area contributed by atoms with Gasteiger partial charge in [-0.1, -0.05) is 0 Å². The van der Waals surface area contributed by atoms with Crippen LogP contribution >= 0.6 is 0 Å². The van der Waals surface area contributed by atoms with Crippen LogP contribution in [-0.4, -0.2) is 34.9 Å². The topological polar surface area (TPSA) is 78.3 Å². The standard InChI is InChI=1S/C24H32N4O3/c1-14-18(15(2)25-23-22(14)16(3)27-28(23)24(4,5)6)10-12-21(29)26-17-9-11-19(30-7)20(13-17)31-8/h9,11,13H,10,12H2,1-8H3,(H,26,29). The molecule has 1 N–H and O–H groups in total. The average molecular weight is 425 g/mol. The number of rotatable bonds is 6. The lowest BCUT2D eigenvalue weighted by molar-refractivity contribution is -0.116. The van der Waals surface area contributed by atoms with E-state index in [1.165, 1.54) is 0 Å². The Morgan fingerprint density at radius 2 is 1.74 bits per heavy atom. The second kappa shape index (κ2) is 8.57. The Balaban J connectivity index is 1.81. The van der Waals surface area contributed by atoms with Gasteiger partial charge in [-0.05, 0) is 71.2 Å². The van der Waals surface area contributed by atoms with Gasteiger partial charge in [0.1, 0.15) is 0 Å². The number of methoxy groups -OCH3 is 2. The van der Waals surface area contributed by atoms with Crippen molar-refractivity contribution in [2.75, 3.05) is 19.5 Å². The number of ether oxygens (including phenoxy) is 2. The highest BCUT2D eigenvalue weighted by Gasteiger charge is 2.23. The molecule has 166 valence electrons. The molecule has 0 aliphatic carbocycles. The van der Waals surface area contributed by atoms with Gasteiger partial charge in [-0.25, -0.2) is 9.67 Å². The Hall–Kier alpha value is -3.09. The second-order valence-corrected chi connectivity index (χ2v) is 8.79. The van der Waals surface area contributed by atoms with Crippen LogP contribution in [0.2, 0.25) is 0 Å². The van der Waals surface area contributed by atoms with Crippen molar-refractivity contribution in [3.63, 3.8) is 0 Å². The van der Waals surface area contributed by atoms with E-state index in [4.69, 9.17) is 19.6 Å². The fourth-order valence-corrected chi connectivity index (χ4v) is 3.92. The van der Waals surface area contributed by atoms with Crippen molar-refractivity contribution in [3.05, 3.63) is 40.7 Å². The third-order valence-electron chi connectivity index (χ3n) is 5.48. The normalized spacial score (nSPS) is 11.6. The predicted molar refractivity (Wildman–Crippen MR) is 123 cm³/mol. The SMILES string of the molecule is COc1ccc(NC(=O)CCc2c(C)nc3c(c(C)nn3C(C)(C)C)c2C)cc1OC. The zero-order chi connectivity index (χ0) is 22.9. The van der Waals surface area contributed by atoms with E-state index in [9.17, 15) is 4.79 Å². The summed E-state index contributed by atoms with van der Waals surface area (Å²) in [6.45, 7) is 12.5. The Morgan fingerprint density at radius 3 is 2.35 bits per heavy atom. The number of aryl methyl sites for hydroxylation is 3. The van der Waals surface area contributed by atoms with Gasteiger partial charge in [0.25, 0.3) is 0 Å². The molecule has 0 saturated carbocycles. The third kappa shape index (κ3) is 4.50. The molecular weight excluding hydrogens is 392 g/mol. The molecule has 0 atom stereocenters. The predicted octanol–water partition coefficient (Wildman–Crippen LogP) is 4.70. The summed E-state index contributed by atoms with van der Waals surface area (Å²) in [4.78, 5) is 17.5. The Kier molecular flexibility index (Phi) is 6.25. The first-order valence-electron chi connectivity index (χ1n) is 10.4. The molecule has 0 saturated heterocycles. The van der Waals surface area contributed by atoms with E-state index in [0.717, 1.165) is 33.5 Å². The molecule has 0 bridgehead atoms. The van der Waals surface area contributed by atoms with Crippen molar-refractivity contribution >= 4 is 22.6 Å². The summed E-state index contributed by atoms with van der Waals surface area (Å²) in [6, 6.07) is 5.33. The van der Waals surface area contributed by atoms with E-state index in [-0.39, 0.29) is 11.4 Å². The van der Waals surface area contributed by atoms with Crippen LogP contribution in [0.25, 0.3) is 11.0 Å². The molecule has 0 aliphatic rings. The summed E-state index contributed by atoms with van der Waals surface area (Å²) in [5.41, 5.74) is 5.57. The lowest BCUT2D eigenvalue weighted by atomic mass is 9.99. The van der Waals surface area contributed by atoms with Crippen molar-refractivity contribution in [1.29, 1.82) is 0 Å². The number of nitrogens with one attached hydrogen (secondary N) is 1. The molecule has 3 rings (SSSR count). The van der Waals surface area contributed by atoms with Gasteiger partial charge < -0.3 is 14.8 Å². The Bertz CT molecular complexity index is 1130. The van der Waals surface area contributed by atoms with Crippen LogP contribution in [-0.2, 0) is 16.8 Å². The van der Waals surface area contributed by atoms with Gasteiger partial charge in [0.15, 0.2) is 17.1 Å². The van der Waals surface area contributed by atoms with E-state index in [1.807, 2.05) is 18.5 Å². The third-order valence-corrected chi connectivity index (χ3v) is 5.48. The van der Waals surface area contributed by atoms with Gasteiger partial charge in [0.05, 0.1) is 25.5 Å². The Labute approximate surface area is 183 Å². The molecule has 0 fully saturated rings. The number of pyridine rings is 1. The van der Waals surface area contributed by atoms with Crippen molar-refractivity contribution in [2.45, 2.75) is 59.9 Å². The van der Waals surface area contributed by atoms with Crippen molar-refractivity contribution in [1.82, 2.24) is 14.8 Å². The molecule has 0 spiro atoms. The van der Waals surface area contributed by atoms with Gasteiger partial charge >= 0.3 is 0 Å². The fraction of sp³-hybridized carbons (Fsp3) is 0.458. The maximum atomic E-state index is 12.6. The summed E-state index contributed by atoms with van der Waals surface area (Å²) >= 11 is 0. The average Bonchev–Trinajstić information content (AvgIpc) is 3.04. The molecule has 7 nitrogen and oxygen atoms in total. The molecular formula is C24H32N4O3. The molecule has 1 amide bonds. The number of hydrogen-bond donors (Lipinski definition) is 1. The fourth-order valence-electron chi connectivity index (χ4n) is 3.92. The van der Waals surface area contributed by atoms with Crippen LogP contribution in [0.1, 0.15) is 49.7 Å². The summed E-state index contributed by atoms with van der Waals surface area (Å²) in [7, 11) is 3.15. The summed E-state index contributed by atoms with van der Waals surface area (Å²) in [5.74, 6) is 1.14. The highest BCUT2D eigenvalue weighted by Crippen LogP contribution is 2.31. The zero-order valence-corrected chi connectivity index (χ0v) is 19.7. The zero-order valence-electron chi connectivity index (χ0n) is 19.7. The van der Waals surface area contributed by atoms with Gasteiger partial charge in [-0.2, -0.15) is 5.10 Å². The minimum atomic E-state index is -0.154. The lowest BCUT2D eigenvalue weighted by Gasteiger charge is -2.20. The van der Waals surface area contributed by atoms with Crippen molar-refractivity contribution in [2.24, 2.45) is 0 Å². The second-order valence-electron chi connectivity index (χ2n) is 8.79. The van der Waals surface area contributed by atoms with Crippen molar-refractivity contribution in [3.8, 4) is 11.5 Å². The molecule has 3 aromatic rings. The van der Waals surface area contributed by atoms with Gasteiger partial charge in [0, 0.05) is 29.3 Å². The molecule has 0 aliphatic heterocycles. The summed E-state index contributed by atoms with van der Waals surface area (Å²) < 4.78 is 12.5. The summed E-state index contributed by atoms with van der Waals surface area (Å²) in [6.07, 6.45) is 0.968. The maximum Gasteiger partial charge on any atom is 0.224 e. The number of fused-ring (bicyclic) bond motifs is 1. The smallest absolute Gasteiger partial charge is 0.224 e. The molecule has 2 aromatic heterocycles. The quantitative estimate of drug-likeness (QED) is 0.621. The minimum Gasteiger partial charge on any atom is -0.493 e. The van der Waals surface area contributed by atoms with Gasteiger partial charge in [-0.15, -0.1) is 0 Å². The molecule has 7 heteroatoms. The number of benzene rings is 1. The maximum absolute atomic E-state index is 12.6. The first kappa shape index (κ1) is 22.6. The molecule has 0 unspecified atom stereocenters. The number of aromatic nitrogens is 3. The number of nitrogens with zero attached hydrogens (tertiary/aromatic N) is 3. The number of carbonyl (C=O) groups is 1. The van der Waals surface area contributed by atoms with Gasteiger partial charge in [-0.3, -0.25) is 4.79 Å². The van der Waals surface area contributed by atoms with Crippen LogP contribution < -0.4 is 14.8 Å². The van der Waals surface area contributed by atoms with Crippen LogP contribution in [0.3, 0.4) is 0 Å². The van der Waals surface area contributed by atoms with E-state index in [2.05, 4.69) is 33.0 Å². The van der Waals surface area contributed by atoms with E-state index < -0.39 is 0 Å². The number of anilines is 1.